The molecule has 1 atom stereocenters. The Balaban J connectivity index is 1.54. The molecule has 3 heterocycles. The molecule has 9 nitrogen and oxygen atoms in total. The van der Waals surface area contributed by atoms with Crippen LogP contribution < -0.4 is 15.0 Å². The monoisotopic (exact) mass is 446 g/mol. The Labute approximate surface area is 189 Å². The quantitative estimate of drug-likeness (QED) is 0.717. The van der Waals surface area contributed by atoms with E-state index in [9.17, 15) is 14.7 Å². The summed E-state index contributed by atoms with van der Waals surface area (Å²) >= 11 is 0. The Morgan fingerprint density at radius 3 is 2.75 bits per heavy atom. The summed E-state index contributed by atoms with van der Waals surface area (Å²) in [6.45, 7) is 4.12. The molecule has 3 aliphatic rings. The molecule has 2 amide bonds. The zero-order chi connectivity index (χ0) is 22.7. The van der Waals surface area contributed by atoms with Crippen molar-refractivity contribution in [2.75, 3.05) is 43.6 Å². The number of amides is 2. The van der Waals surface area contributed by atoms with Crippen LogP contribution >= 0.6 is 0 Å². The van der Waals surface area contributed by atoms with E-state index in [1.807, 2.05) is 0 Å². The first kappa shape index (κ1) is 22.6. The van der Waals surface area contributed by atoms with Gasteiger partial charge in [0.2, 0.25) is 11.8 Å². The number of likely N-dealkylation sites (tertiary alicyclic amines) is 1. The molecule has 0 aromatic carbocycles. The van der Waals surface area contributed by atoms with Gasteiger partial charge in [0.15, 0.2) is 5.82 Å². The maximum atomic E-state index is 13.6. The fraction of sp³-hybridized carbons (Fsp3) is 0.696. The first-order chi connectivity index (χ1) is 15.5. The van der Waals surface area contributed by atoms with Gasteiger partial charge >= 0.3 is 6.09 Å². The largest absolute Gasteiger partial charge is 0.481 e. The lowest BCUT2D eigenvalue weighted by Crippen LogP contribution is -2.50. The number of piperidine rings is 1. The number of hydrogen-bond acceptors (Lipinski definition) is 7. The molecule has 1 aromatic rings. The van der Waals surface area contributed by atoms with Gasteiger partial charge in [-0.2, -0.15) is 4.98 Å². The fourth-order valence-corrected chi connectivity index (χ4v) is 5.42. The van der Waals surface area contributed by atoms with Gasteiger partial charge < -0.3 is 24.4 Å². The predicted molar refractivity (Wildman–Crippen MR) is 120 cm³/mol. The van der Waals surface area contributed by atoms with Crippen LogP contribution in [0.5, 0.6) is 5.88 Å². The van der Waals surface area contributed by atoms with Crippen LogP contribution in [0.3, 0.4) is 0 Å². The molecule has 1 aromatic heterocycles. The van der Waals surface area contributed by atoms with Crippen LogP contribution in [0.25, 0.3) is 0 Å². The topological polar surface area (TPSA) is 104 Å². The minimum atomic E-state index is -0.532. The van der Waals surface area contributed by atoms with Crippen LogP contribution in [-0.4, -0.2) is 72.5 Å². The highest BCUT2D eigenvalue weighted by molar-refractivity contribution is 5.90. The molecule has 2 N–H and O–H groups in total. The second-order valence-corrected chi connectivity index (χ2v) is 9.09. The van der Waals surface area contributed by atoms with E-state index >= 15 is 0 Å². The molecule has 32 heavy (non-hydrogen) atoms. The van der Waals surface area contributed by atoms with Gasteiger partial charge in [0.25, 0.3) is 0 Å². The van der Waals surface area contributed by atoms with Gasteiger partial charge in [0, 0.05) is 31.7 Å². The number of nitrogens with one attached hydrogen (secondary N) is 1. The van der Waals surface area contributed by atoms with Gasteiger partial charge in [-0.3, -0.25) is 10.1 Å². The lowest BCUT2D eigenvalue weighted by molar-refractivity contribution is -0.139. The number of aromatic nitrogens is 1. The van der Waals surface area contributed by atoms with Crippen molar-refractivity contribution in [2.24, 2.45) is 5.41 Å². The maximum absolute atomic E-state index is 13.6. The lowest BCUT2D eigenvalue weighted by atomic mass is 9.78. The predicted octanol–water partition coefficient (Wildman–Crippen LogP) is 2.78. The van der Waals surface area contributed by atoms with Gasteiger partial charge in [0.05, 0.1) is 30.9 Å². The smallest absolute Gasteiger partial charge is 0.411 e. The normalized spacial score (nSPS) is 28.2. The Bertz CT molecular complexity index is 842. The van der Waals surface area contributed by atoms with Gasteiger partial charge in [-0.25, -0.2) is 4.79 Å². The molecule has 9 heteroatoms. The van der Waals surface area contributed by atoms with Crippen LogP contribution in [0.1, 0.15) is 51.9 Å². The lowest BCUT2D eigenvalue weighted by Gasteiger charge is -2.41. The van der Waals surface area contributed by atoms with Crippen LogP contribution in [0.15, 0.2) is 12.1 Å². The summed E-state index contributed by atoms with van der Waals surface area (Å²) in [7, 11) is 1.56. The average Bonchev–Trinajstić information content (AvgIpc) is 3.10. The summed E-state index contributed by atoms with van der Waals surface area (Å²) in [5.41, 5.74) is 0.116. The Morgan fingerprint density at radius 1 is 1.25 bits per heavy atom. The number of anilines is 2. The number of pyridine rings is 1. The fourth-order valence-electron chi connectivity index (χ4n) is 5.42. The third-order valence-corrected chi connectivity index (χ3v) is 7.10. The van der Waals surface area contributed by atoms with E-state index < -0.39 is 11.5 Å². The number of nitrogens with zero attached hydrogens (tertiary/aromatic N) is 3. The van der Waals surface area contributed by atoms with Crippen molar-refractivity contribution in [2.45, 2.75) is 64.0 Å². The van der Waals surface area contributed by atoms with Gasteiger partial charge in [0.1, 0.15) is 0 Å². The highest BCUT2D eigenvalue weighted by Gasteiger charge is 2.51. The van der Waals surface area contributed by atoms with E-state index in [1.54, 1.807) is 26.2 Å². The van der Waals surface area contributed by atoms with Crippen LogP contribution in [-0.2, 0) is 9.53 Å². The van der Waals surface area contributed by atoms with E-state index in [0.29, 0.717) is 23.9 Å². The molecule has 0 radical (unpaired) electrons. The second kappa shape index (κ2) is 9.52. The van der Waals surface area contributed by atoms with Crippen molar-refractivity contribution in [3.8, 4) is 5.88 Å². The van der Waals surface area contributed by atoms with Crippen molar-refractivity contribution in [1.82, 2.24) is 9.88 Å². The summed E-state index contributed by atoms with van der Waals surface area (Å²) in [5.74, 6) is 1.28. The van der Waals surface area contributed by atoms with E-state index in [0.717, 1.165) is 58.0 Å². The Hall–Kier alpha value is -2.55. The van der Waals surface area contributed by atoms with Crippen molar-refractivity contribution < 1.29 is 24.2 Å². The number of rotatable bonds is 5. The molecule has 0 unspecified atom stereocenters. The van der Waals surface area contributed by atoms with E-state index in [-0.39, 0.29) is 24.7 Å². The molecule has 4 rings (SSSR count). The summed E-state index contributed by atoms with van der Waals surface area (Å²) in [4.78, 5) is 34.4. The Kier molecular flexibility index (Phi) is 6.74. The number of aliphatic hydroxyl groups excluding tert-OH is 1. The summed E-state index contributed by atoms with van der Waals surface area (Å²) < 4.78 is 10.4. The van der Waals surface area contributed by atoms with E-state index in [2.05, 4.69) is 20.1 Å². The van der Waals surface area contributed by atoms with Gasteiger partial charge in [-0.1, -0.05) is 0 Å². The standard InChI is InChI=1S/C23H34N4O5/c1-3-32-22(30)24-18-9-10-19(31-2)25-20(18)26-13-4-11-23(15-26)12-14-27(21(23)29)16-5-7-17(28)8-6-16/h9-10,16-17,28H,3-8,11-15H2,1-2H3,(H,24,30)/t16-,17-,23-/m0/s1. The zero-order valence-corrected chi connectivity index (χ0v) is 19.0. The molecule has 176 valence electrons. The molecule has 2 saturated heterocycles. The number of methoxy groups -OCH3 is 1. The minimum Gasteiger partial charge on any atom is -0.481 e. The van der Waals surface area contributed by atoms with Crippen molar-refractivity contribution in [3.63, 3.8) is 0 Å². The zero-order valence-electron chi connectivity index (χ0n) is 19.0. The number of hydrogen-bond donors (Lipinski definition) is 2. The highest BCUT2D eigenvalue weighted by Crippen LogP contribution is 2.44. The minimum absolute atomic E-state index is 0.228. The summed E-state index contributed by atoms with van der Waals surface area (Å²) in [5, 5.41) is 12.6. The summed E-state index contributed by atoms with van der Waals surface area (Å²) in [6.07, 6.45) is 5.08. The first-order valence-corrected chi connectivity index (χ1v) is 11.7. The molecule has 2 aliphatic heterocycles. The molecular weight excluding hydrogens is 412 g/mol. The van der Waals surface area contributed by atoms with E-state index in [4.69, 9.17) is 9.47 Å². The SMILES string of the molecule is CCOC(=O)Nc1ccc(OC)nc1N1CCC[C@]2(CCN([C@H]3CC[C@H](O)CC3)C2=O)C1. The highest BCUT2D eigenvalue weighted by atomic mass is 16.5. The molecule has 1 spiro atoms. The van der Waals surface area contributed by atoms with Crippen molar-refractivity contribution in [1.29, 1.82) is 0 Å². The molecule has 1 saturated carbocycles. The maximum Gasteiger partial charge on any atom is 0.411 e. The van der Waals surface area contributed by atoms with Crippen molar-refractivity contribution in [3.05, 3.63) is 12.1 Å². The third-order valence-electron chi connectivity index (χ3n) is 7.10. The van der Waals surface area contributed by atoms with Crippen LogP contribution in [0.2, 0.25) is 0 Å². The molecule has 0 bridgehead atoms. The first-order valence-electron chi connectivity index (χ1n) is 11.7. The van der Waals surface area contributed by atoms with Gasteiger partial charge in [-0.05, 0) is 57.9 Å². The number of ether oxygens (including phenoxy) is 2. The van der Waals surface area contributed by atoms with Crippen LogP contribution in [0, 0.1) is 5.41 Å². The Morgan fingerprint density at radius 2 is 2.03 bits per heavy atom. The van der Waals surface area contributed by atoms with E-state index in [1.165, 1.54) is 0 Å². The number of aliphatic hydroxyl groups is 1. The van der Waals surface area contributed by atoms with Gasteiger partial charge in [-0.15, -0.1) is 0 Å². The summed E-state index contributed by atoms with van der Waals surface area (Å²) in [6, 6.07) is 3.69. The number of carbonyl (C=O) groups excluding carboxylic acids is 2. The average molecular weight is 447 g/mol. The third kappa shape index (κ3) is 4.48. The number of carbonyl (C=O) groups is 2. The van der Waals surface area contributed by atoms with Crippen molar-refractivity contribution >= 4 is 23.5 Å². The molecular formula is C23H34N4O5. The molecule has 1 aliphatic carbocycles. The second-order valence-electron chi connectivity index (χ2n) is 9.09. The molecule has 3 fully saturated rings. The van der Waals surface area contributed by atoms with Crippen LogP contribution in [0.4, 0.5) is 16.3 Å².